The number of carbonyl (C=O) groups excluding carboxylic acids is 1. The number of pyridine rings is 1. The van der Waals surface area contributed by atoms with Crippen LogP contribution in [0.2, 0.25) is 5.02 Å². The molecular formula is C23H25ClFN5O3. The van der Waals surface area contributed by atoms with Crippen LogP contribution < -0.4 is 5.69 Å². The van der Waals surface area contributed by atoms with Crippen molar-refractivity contribution >= 4 is 17.7 Å². The van der Waals surface area contributed by atoms with Crippen molar-refractivity contribution in [2.45, 2.75) is 38.6 Å². The monoisotopic (exact) mass is 473 g/mol. The molecule has 0 radical (unpaired) electrons. The zero-order valence-corrected chi connectivity index (χ0v) is 19.0. The van der Waals surface area contributed by atoms with E-state index >= 15 is 0 Å². The first-order chi connectivity index (χ1) is 16.0. The Morgan fingerprint density at radius 3 is 2.61 bits per heavy atom. The van der Waals surface area contributed by atoms with Crippen molar-refractivity contribution in [2.75, 3.05) is 19.7 Å². The first kappa shape index (κ1) is 23.0. The number of rotatable bonds is 6. The number of amides is 1. The predicted octanol–water partition coefficient (Wildman–Crippen LogP) is 4.46. The second-order valence-corrected chi connectivity index (χ2v) is 8.31. The van der Waals surface area contributed by atoms with Crippen LogP contribution in [0.4, 0.5) is 9.18 Å². The summed E-state index contributed by atoms with van der Waals surface area (Å²) in [4.78, 5) is 31.4. The van der Waals surface area contributed by atoms with E-state index in [1.165, 1.54) is 39.7 Å². The van der Waals surface area contributed by atoms with E-state index in [0.29, 0.717) is 54.6 Å². The number of hydrogen-bond donors (Lipinski definition) is 0. The Hall–Kier alpha value is -3.20. The summed E-state index contributed by atoms with van der Waals surface area (Å²) in [7, 11) is 0. The Bertz CT molecular complexity index is 1170. The quantitative estimate of drug-likeness (QED) is 0.493. The van der Waals surface area contributed by atoms with Gasteiger partial charge in [-0.1, -0.05) is 24.9 Å². The zero-order valence-electron chi connectivity index (χ0n) is 18.3. The molecular weight excluding hydrogens is 449 g/mol. The SMILES string of the molecule is CCCCOC(=O)N1CCC(n2nc(-c3ccncc3Cl)n(-c3ccc(F)cc3)c2=O)CC1. The molecule has 8 nitrogen and oxygen atoms in total. The van der Waals surface area contributed by atoms with Crippen LogP contribution in [0.1, 0.15) is 38.6 Å². The van der Waals surface area contributed by atoms with Gasteiger partial charge in [0, 0.05) is 31.0 Å². The average Bonchev–Trinajstić information content (AvgIpc) is 3.17. The van der Waals surface area contributed by atoms with Gasteiger partial charge in [-0.3, -0.25) is 4.98 Å². The van der Waals surface area contributed by atoms with Gasteiger partial charge >= 0.3 is 11.8 Å². The Balaban J connectivity index is 1.63. The Labute approximate surface area is 195 Å². The van der Waals surface area contributed by atoms with Crippen LogP contribution in [-0.2, 0) is 4.74 Å². The van der Waals surface area contributed by atoms with Gasteiger partial charge < -0.3 is 9.64 Å². The number of likely N-dealkylation sites (tertiary alicyclic amines) is 1. The lowest BCUT2D eigenvalue weighted by Crippen LogP contribution is -2.41. The molecule has 1 aliphatic rings. The van der Waals surface area contributed by atoms with Crippen molar-refractivity contribution in [2.24, 2.45) is 0 Å². The molecule has 1 amide bonds. The maximum atomic E-state index is 13.5. The Kier molecular flexibility index (Phi) is 7.08. The lowest BCUT2D eigenvalue weighted by Gasteiger charge is -2.30. The third kappa shape index (κ3) is 4.93. The topological polar surface area (TPSA) is 82.2 Å². The lowest BCUT2D eigenvalue weighted by molar-refractivity contribution is 0.0861. The normalized spacial score (nSPS) is 14.5. The van der Waals surface area contributed by atoms with Crippen molar-refractivity contribution in [3.63, 3.8) is 0 Å². The Morgan fingerprint density at radius 1 is 1.21 bits per heavy atom. The van der Waals surface area contributed by atoms with Crippen molar-refractivity contribution in [1.82, 2.24) is 24.2 Å². The van der Waals surface area contributed by atoms with Crippen LogP contribution in [-0.4, -0.2) is 50.0 Å². The molecule has 0 unspecified atom stereocenters. The molecule has 1 aromatic carbocycles. The number of aromatic nitrogens is 4. The summed E-state index contributed by atoms with van der Waals surface area (Å²) in [6.45, 7) is 3.38. The lowest BCUT2D eigenvalue weighted by atomic mass is 10.1. The fourth-order valence-corrected chi connectivity index (χ4v) is 4.07. The highest BCUT2D eigenvalue weighted by molar-refractivity contribution is 6.33. The van der Waals surface area contributed by atoms with Crippen LogP contribution in [0.3, 0.4) is 0 Å². The van der Waals surface area contributed by atoms with E-state index in [0.717, 1.165) is 12.8 Å². The molecule has 0 atom stereocenters. The number of nitrogens with zero attached hydrogens (tertiary/aromatic N) is 5. The molecule has 3 heterocycles. The van der Waals surface area contributed by atoms with Gasteiger partial charge in [0.1, 0.15) is 5.82 Å². The summed E-state index contributed by atoms with van der Waals surface area (Å²) in [6.07, 6.45) is 5.65. The van der Waals surface area contributed by atoms with Crippen LogP contribution in [0.5, 0.6) is 0 Å². The van der Waals surface area contributed by atoms with Gasteiger partial charge in [0.05, 0.1) is 23.4 Å². The van der Waals surface area contributed by atoms with Crippen molar-refractivity contribution in [3.05, 3.63) is 64.0 Å². The summed E-state index contributed by atoms with van der Waals surface area (Å²) in [5.41, 5.74) is 0.671. The van der Waals surface area contributed by atoms with Gasteiger partial charge in [-0.2, -0.15) is 0 Å². The van der Waals surface area contributed by atoms with Crippen molar-refractivity contribution in [3.8, 4) is 17.1 Å². The largest absolute Gasteiger partial charge is 0.449 e. The molecule has 1 fully saturated rings. The van der Waals surface area contributed by atoms with Gasteiger partial charge in [-0.25, -0.2) is 23.2 Å². The molecule has 0 N–H and O–H groups in total. The van der Waals surface area contributed by atoms with E-state index < -0.39 is 5.82 Å². The highest BCUT2D eigenvalue weighted by atomic mass is 35.5. The van der Waals surface area contributed by atoms with E-state index in [1.807, 2.05) is 6.92 Å². The number of benzene rings is 1. The Morgan fingerprint density at radius 2 is 1.94 bits per heavy atom. The highest BCUT2D eigenvalue weighted by Gasteiger charge is 2.29. The molecule has 0 bridgehead atoms. The minimum Gasteiger partial charge on any atom is -0.449 e. The van der Waals surface area contributed by atoms with E-state index in [2.05, 4.69) is 10.1 Å². The van der Waals surface area contributed by atoms with Gasteiger partial charge in [-0.05, 0) is 49.6 Å². The van der Waals surface area contributed by atoms with Gasteiger partial charge in [0.2, 0.25) is 0 Å². The fourth-order valence-electron chi connectivity index (χ4n) is 3.86. The fraction of sp³-hybridized carbons (Fsp3) is 0.391. The van der Waals surface area contributed by atoms with Crippen LogP contribution >= 0.6 is 11.6 Å². The number of halogens is 2. The third-order valence-corrected chi connectivity index (χ3v) is 5.99. The summed E-state index contributed by atoms with van der Waals surface area (Å²) in [5, 5.41) is 4.97. The maximum Gasteiger partial charge on any atom is 0.409 e. The third-order valence-electron chi connectivity index (χ3n) is 5.69. The highest BCUT2D eigenvalue weighted by Crippen LogP contribution is 2.28. The minimum absolute atomic E-state index is 0.196. The number of unbranched alkanes of at least 4 members (excludes halogenated alkanes) is 1. The van der Waals surface area contributed by atoms with E-state index in [1.54, 1.807) is 17.2 Å². The van der Waals surface area contributed by atoms with Gasteiger partial charge in [-0.15, -0.1) is 5.10 Å². The molecule has 174 valence electrons. The molecule has 3 aromatic rings. The maximum absolute atomic E-state index is 13.5. The first-order valence-electron chi connectivity index (χ1n) is 11.0. The van der Waals surface area contributed by atoms with E-state index in [-0.39, 0.29) is 17.8 Å². The number of hydrogen-bond acceptors (Lipinski definition) is 5. The number of piperidine rings is 1. The van der Waals surface area contributed by atoms with Crippen LogP contribution in [0, 0.1) is 5.82 Å². The molecule has 33 heavy (non-hydrogen) atoms. The van der Waals surface area contributed by atoms with Crippen molar-refractivity contribution in [1.29, 1.82) is 0 Å². The zero-order chi connectivity index (χ0) is 23.4. The molecule has 2 aromatic heterocycles. The number of ether oxygens (including phenoxy) is 1. The summed E-state index contributed by atoms with van der Waals surface area (Å²) in [5.74, 6) is -0.0544. The summed E-state index contributed by atoms with van der Waals surface area (Å²) in [6, 6.07) is 7.12. The second kappa shape index (κ2) is 10.2. The average molecular weight is 474 g/mol. The molecule has 1 saturated heterocycles. The number of carbonyl (C=O) groups is 1. The smallest absolute Gasteiger partial charge is 0.409 e. The van der Waals surface area contributed by atoms with E-state index in [9.17, 15) is 14.0 Å². The standard InChI is InChI=1S/C23H25ClFN5O3/c1-2-3-14-33-23(32)28-12-9-18(10-13-28)30-22(31)29(17-6-4-16(25)5-7-17)21(27-30)19-8-11-26-15-20(19)24/h4-8,11,15,18H,2-3,9-10,12-14H2,1H3. The van der Waals surface area contributed by atoms with Crippen LogP contribution in [0.15, 0.2) is 47.5 Å². The van der Waals surface area contributed by atoms with Gasteiger partial charge in [0.25, 0.3) is 0 Å². The minimum atomic E-state index is -0.402. The van der Waals surface area contributed by atoms with Crippen molar-refractivity contribution < 1.29 is 13.9 Å². The predicted molar refractivity (Wildman–Crippen MR) is 122 cm³/mol. The molecule has 1 aliphatic heterocycles. The summed E-state index contributed by atoms with van der Waals surface area (Å²) >= 11 is 6.35. The molecule has 0 spiro atoms. The van der Waals surface area contributed by atoms with E-state index in [4.69, 9.17) is 16.3 Å². The first-order valence-corrected chi connectivity index (χ1v) is 11.4. The molecule has 4 rings (SSSR count). The van der Waals surface area contributed by atoms with Crippen LogP contribution in [0.25, 0.3) is 17.1 Å². The van der Waals surface area contributed by atoms with Gasteiger partial charge in [0.15, 0.2) is 5.82 Å². The molecule has 10 heteroatoms. The molecule has 0 aliphatic carbocycles. The second-order valence-electron chi connectivity index (χ2n) is 7.90. The summed E-state index contributed by atoms with van der Waals surface area (Å²) < 4.78 is 21.7. The molecule has 0 saturated carbocycles.